The van der Waals surface area contributed by atoms with Crippen molar-refractivity contribution in [3.8, 4) is 17.9 Å². The van der Waals surface area contributed by atoms with Gasteiger partial charge in [0.2, 0.25) is 0 Å². The molecule has 0 aromatic heterocycles. The summed E-state index contributed by atoms with van der Waals surface area (Å²) in [6, 6.07) is 30.2. The Kier molecular flexibility index (Phi) is 6.43. The minimum Gasteiger partial charge on any atom is -0.329 e. The summed E-state index contributed by atoms with van der Waals surface area (Å²) in [5.41, 5.74) is 3.83. The summed E-state index contributed by atoms with van der Waals surface area (Å²) in [5.74, 6) is 5.51. The second kappa shape index (κ2) is 9.76. The van der Waals surface area contributed by atoms with Crippen molar-refractivity contribution in [3.63, 3.8) is 0 Å². The standard InChI is InChI=1S/C27H23N3O/c28-21-23-13-11-22(12-14-23)15-16-26(31)29-17-19-30(20-18-29)27(24-7-3-1-4-8-24)25-9-5-2-6-10-25/h1-14,27H,17-20H2. The zero-order valence-electron chi connectivity index (χ0n) is 17.2. The molecule has 0 spiro atoms. The van der Waals surface area contributed by atoms with Gasteiger partial charge in [-0.25, -0.2) is 0 Å². The molecule has 0 atom stereocenters. The van der Waals surface area contributed by atoms with E-state index in [9.17, 15) is 4.79 Å². The maximum atomic E-state index is 12.6. The molecule has 31 heavy (non-hydrogen) atoms. The number of hydrogen-bond donors (Lipinski definition) is 0. The van der Waals surface area contributed by atoms with Crippen LogP contribution in [0.25, 0.3) is 0 Å². The van der Waals surface area contributed by atoms with E-state index in [2.05, 4.69) is 71.3 Å². The molecule has 1 amide bonds. The van der Waals surface area contributed by atoms with E-state index in [-0.39, 0.29) is 11.9 Å². The van der Waals surface area contributed by atoms with Crippen LogP contribution < -0.4 is 0 Å². The molecular weight excluding hydrogens is 382 g/mol. The molecule has 4 heteroatoms. The quantitative estimate of drug-likeness (QED) is 0.622. The van der Waals surface area contributed by atoms with E-state index in [0.717, 1.165) is 18.7 Å². The summed E-state index contributed by atoms with van der Waals surface area (Å²) in [6.07, 6.45) is 0. The molecule has 4 rings (SSSR count). The maximum absolute atomic E-state index is 12.6. The van der Waals surface area contributed by atoms with Crippen molar-refractivity contribution in [1.82, 2.24) is 9.80 Å². The molecule has 4 nitrogen and oxygen atoms in total. The monoisotopic (exact) mass is 405 g/mol. The highest BCUT2D eigenvalue weighted by molar-refractivity contribution is 5.94. The summed E-state index contributed by atoms with van der Waals surface area (Å²) in [7, 11) is 0. The summed E-state index contributed by atoms with van der Waals surface area (Å²) < 4.78 is 0. The molecule has 1 fully saturated rings. The minimum atomic E-state index is -0.153. The highest BCUT2D eigenvalue weighted by Gasteiger charge is 2.27. The fraction of sp³-hybridized carbons (Fsp3) is 0.185. The third-order valence-corrected chi connectivity index (χ3v) is 5.53. The van der Waals surface area contributed by atoms with Crippen molar-refractivity contribution in [2.24, 2.45) is 0 Å². The predicted octanol–water partition coefficient (Wildman–Crippen LogP) is 3.84. The van der Waals surface area contributed by atoms with Crippen LogP contribution in [0, 0.1) is 23.2 Å². The highest BCUT2D eigenvalue weighted by atomic mass is 16.2. The van der Waals surface area contributed by atoms with Crippen LogP contribution >= 0.6 is 0 Å². The van der Waals surface area contributed by atoms with Crippen molar-refractivity contribution < 1.29 is 4.79 Å². The molecule has 0 bridgehead atoms. The van der Waals surface area contributed by atoms with Gasteiger partial charge >= 0.3 is 0 Å². The molecule has 1 saturated heterocycles. The first-order valence-electron chi connectivity index (χ1n) is 10.4. The van der Waals surface area contributed by atoms with E-state index in [1.165, 1.54) is 11.1 Å². The van der Waals surface area contributed by atoms with Gasteiger partial charge in [-0.05, 0) is 35.4 Å². The van der Waals surface area contributed by atoms with E-state index in [4.69, 9.17) is 5.26 Å². The van der Waals surface area contributed by atoms with E-state index < -0.39 is 0 Å². The molecule has 152 valence electrons. The average molecular weight is 406 g/mol. The summed E-state index contributed by atoms with van der Waals surface area (Å²) >= 11 is 0. The summed E-state index contributed by atoms with van der Waals surface area (Å²) in [6.45, 7) is 2.88. The predicted molar refractivity (Wildman–Crippen MR) is 121 cm³/mol. The highest BCUT2D eigenvalue weighted by Crippen LogP contribution is 2.29. The smallest absolute Gasteiger partial charge is 0.298 e. The fourth-order valence-corrected chi connectivity index (χ4v) is 3.90. The number of rotatable bonds is 3. The second-order valence-electron chi connectivity index (χ2n) is 7.49. The first-order valence-corrected chi connectivity index (χ1v) is 10.4. The lowest BCUT2D eigenvalue weighted by molar-refractivity contribution is -0.127. The Morgan fingerprint density at radius 3 is 1.77 bits per heavy atom. The van der Waals surface area contributed by atoms with Crippen LogP contribution in [0.2, 0.25) is 0 Å². The lowest BCUT2D eigenvalue weighted by atomic mass is 9.96. The van der Waals surface area contributed by atoms with Gasteiger partial charge in [0, 0.05) is 37.7 Å². The Balaban J connectivity index is 1.44. The van der Waals surface area contributed by atoms with Gasteiger partial charge in [0.1, 0.15) is 0 Å². The van der Waals surface area contributed by atoms with E-state index >= 15 is 0 Å². The first-order chi connectivity index (χ1) is 15.2. The van der Waals surface area contributed by atoms with Crippen molar-refractivity contribution in [2.45, 2.75) is 6.04 Å². The summed E-state index contributed by atoms with van der Waals surface area (Å²) in [4.78, 5) is 16.8. The Hall–Kier alpha value is -3.86. The van der Waals surface area contributed by atoms with E-state index in [0.29, 0.717) is 18.7 Å². The van der Waals surface area contributed by atoms with E-state index in [1.807, 2.05) is 17.0 Å². The van der Waals surface area contributed by atoms with Gasteiger partial charge in [-0.15, -0.1) is 0 Å². The van der Waals surface area contributed by atoms with Crippen LogP contribution in [0.1, 0.15) is 28.3 Å². The third kappa shape index (κ3) is 5.01. The Labute approximate surface area is 183 Å². The van der Waals surface area contributed by atoms with Crippen LogP contribution in [0.3, 0.4) is 0 Å². The number of amides is 1. The lowest BCUT2D eigenvalue weighted by Crippen LogP contribution is -2.49. The van der Waals surface area contributed by atoms with Crippen LogP contribution in [0.15, 0.2) is 84.9 Å². The molecule has 0 unspecified atom stereocenters. The van der Waals surface area contributed by atoms with Gasteiger partial charge < -0.3 is 4.90 Å². The number of hydrogen-bond acceptors (Lipinski definition) is 3. The average Bonchev–Trinajstić information content (AvgIpc) is 2.85. The first kappa shape index (κ1) is 20.4. The fourth-order valence-electron chi connectivity index (χ4n) is 3.90. The Morgan fingerprint density at radius 2 is 1.26 bits per heavy atom. The number of nitrogens with zero attached hydrogens (tertiary/aromatic N) is 3. The molecule has 0 aliphatic carbocycles. The molecule has 0 radical (unpaired) electrons. The Bertz CT molecular complexity index is 1070. The van der Waals surface area contributed by atoms with Crippen molar-refractivity contribution in [1.29, 1.82) is 5.26 Å². The van der Waals surface area contributed by atoms with Crippen LogP contribution in [0.4, 0.5) is 0 Å². The maximum Gasteiger partial charge on any atom is 0.298 e. The molecule has 1 aliphatic heterocycles. The topological polar surface area (TPSA) is 47.3 Å². The zero-order valence-corrected chi connectivity index (χ0v) is 17.2. The van der Waals surface area contributed by atoms with Gasteiger partial charge in [-0.1, -0.05) is 66.6 Å². The van der Waals surface area contributed by atoms with Gasteiger partial charge in [-0.3, -0.25) is 9.69 Å². The van der Waals surface area contributed by atoms with Gasteiger partial charge in [-0.2, -0.15) is 5.26 Å². The van der Waals surface area contributed by atoms with Crippen LogP contribution in [0.5, 0.6) is 0 Å². The largest absolute Gasteiger partial charge is 0.329 e. The normalized spacial score (nSPS) is 13.9. The summed E-state index contributed by atoms with van der Waals surface area (Å²) in [5, 5.41) is 8.87. The zero-order chi connectivity index (χ0) is 21.5. The van der Waals surface area contributed by atoms with Crippen LogP contribution in [-0.4, -0.2) is 41.9 Å². The Morgan fingerprint density at radius 1 is 0.742 bits per heavy atom. The molecular formula is C27H23N3O. The van der Waals surface area contributed by atoms with Crippen molar-refractivity contribution >= 4 is 5.91 Å². The van der Waals surface area contributed by atoms with Gasteiger partial charge in [0.15, 0.2) is 0 Å². The molecule has 0 saturated carbocycles. The van der Waals surface area contributed by atoms with Crippen LogP contribution in [-0.2, 0) is 4.79 Å². The van der Waals surface area contributed by atoms with Crippen molar-refractivity contribution in [2.75, 3.05) is 26.2 Å². The van der Waals surface area contributed by atoms with Gasteiger partial charge in [0.05, 0.1) is 17.7 Å². The van der Waals surface area contributed by atoms with E-state index in [1.54, 1.807) is 24.3 Å². The van der Waals surface area contributed by atoms with Gasteiger partial charge in [0.25, 0.3) is 5.91 Å². The number of benzene rings is 3. The second-order valence-corrected chi connectivity index (χ2v) is 7.49. The van der Waals surface area contributed by atoms with Crippen molar-refractivity contribution in [3.05, 3.63) is 107 Å². The number of carbonyl (C=O) groups is 1. The molecule has 3 aromatic rings. The number of nitriles is 1. The molecule has 0 N–H and O–H groups in total. The third-order valence-electron chi connectivity index (χ3n) is 5.53. The molecule has 1 aliphatic rings. The molecule has 3 aromatic carbocycles. The number of carbonyl (C=O) groups excluding carboxylic acids is 1. The lowest BCUT2D eigenvalue weighted by Gasteiger charge is -2.39. The SMILES string of the molecule is N#Cc1ccc(C#CC(=O)N2CCN(C(c3ccccc3)c3ccccc3)CC2)cc1. The molecule has 1 heterocycles. The minimum absolute atomic E-state index is 0.153. The number of piperazine rings is 1.